The minimum atomic E-state index is 0.411. The van der Waals surface area contributed by atoms with Crippen LogP contribution in [0.2, 0.25) is 0 Å². The van der Waals surface area contributed by atoms with Crippen LogP contribution in [0, 0.1) is 8.99 Å². The monoisotopic (exact) mass is 345 g/mol. The van der Waals surface area contributed by atoms with Crippen LogP contribution >= 0.6 is 22.6 Å². The van der Waals surface area contributed by atoms with E-state index in [2.05, 4.69) is 79.9 Å². The van der Waals surface area contributed by atoms with Crippen LogP contribution in [0.25, 0.3) is 0 Å². The summed E-state index contributed by atoms with van der Waals surface area (Å²) in [5.41, 5.74) is 1.85. The van der Waals surface area contributed by atoms with E-state index in [9.17, 15) is 0 Å². The van der Waals surface area contributed by atoms with Crippen molar-refractivity contribution in [2.75, 3.05) is 6.54 Å². The largest absolute Gasteiger partial charge is 0.310 e. The Bertz CT molecular complexity index is 341. The van der Waals surface area contributed by atoms with Gasteiger partial charge in [-0.05, 0) is 59.0 Å². The van der Waals surface area contributed by atoms with Gasteiger partial charge >= 0.3 is 0 Å². The summed E-state index contributed by atoms with van der Waals surface area (Å²) in [5, 5.41) is 3.61. The molecule has 0 spiro atoms. The fourth-order valence-corrected chi connectivity index (χ4v) is 2.71. The zero-order valence-corrected chi connectivity index (χ0v) is 13.5. The number of halogens is 1. The molecular weight excluding hydrogens is 321 g/mol. The van der Waals surface area contributed by atoms with Crippen LogP contribution < -0.4 is 5.32 Å². The summed E-state index contributed by atoms with van der Waals surface area (Å²) in [5.74, 6) is 0. The fourth-order valence-electron chi connectivity index (χ4n) is 1.95. The standard InChI is InChI=1S/C15H24IN/c1-5-17-14(10-11-15(2,3)4)12-8-6-7-9-13(12)16/h6-9,14,17H,5,10-11H2,1-4H3. The summed E-state index contributed by atoms with van der Waals surface area (Å²) >= 11 is 2.44. The van der Waals surface area contributed by atoms with Gasteiger partial charge in [0.2, 0.25) is 0 Å². The molecule has 1 unspecified atom stereocenters. The first-order valence-electron chi connectivity index (χ1n) is 6.42. The molecule has 0 saturated carbocycles. The van der Waals surface area contributed by atoms with E-state index in [0.717, 1.165) is 6.54 Å². The lowest BCUT2D eigenvalue weighted by atomic mass is 9.87. The van der Waals surface area contributed by atoms with Gasteiger partial charge in [0.25, 0.3) is 0 Å². The Labute approximate surface area is 120 Å². The van der Waals surface area contributed by atoms with Crippen LogP contribution in [0.4, 0.5) is 0 Å². The summed E-state index contributed by atoms with van der Waals surface area (Å²) in [4.78, 5) is 0. The lowest BCUT2D eigenvalue weighted by Crippen LogP contribution is -2.23. The summed E-state index contributed by atoms with van der Waals surface area (Å²) < 4.78 is 1.37. The first-order chi connectivity index (χ1) is 7.94. The Hall–Kier alpha value is -0.0900. The SMILES string of the molecule is CCNC(CCC(C)(C)C)c1ccccc1I. The molecule has 1 aromatic carbocycles. The molecule has 17 heavy (non-hydrogen) atoms. The molecule has 0 aliphatic rings. The van der Waals surface area contributed by atoms with E-state index in [0.29, 0.717) is 11.5 Å². The van der Waals surface area contributed by atoms with Crippen molar-refractivity contribution in [3.8, 4) is 0 Å². The van der Waals surface area contributed by atoms with E-state index < -0.39 is 0 Å². The molecule has 1 atom stereocenters. The highest BCUT2D eigenvalue weighted by Crippen LogP contribution is 2.29. The predicted molar refractivity (Wildman–Crippen MR) is 84.3 cm³/mol. The number of hydrogen-bond donors (Lipinski definition) is 1. The molecule has 1 N–H and O–H groups in total. The van der Waals surface area contributed by atoms with Gasteiger partial charge in [0.05, 0.1) is 0 Å². The second-order valence-electron chi connectivity index (χ2n) is 5.73. The first-order valence-corrected chi connectivity index (χ1v) is 7.49. The van der Waals surface area contributed by atoms with Gasteiger partial charge < -0.3 is 5.32 Å². The van der Waals surface area contributed by atoms with Crippen LogP contribution in [0.5, 0.6) is 0 Å². The van der Waals surface area contributed by atoms with Gasteiger partial charge in [0.15, 0.2) is 0 Å². The van der Waals surface area contributed by atoms with Crippen LogP contribution in [-0.2, 0) is 0 Å². The van der Waals surface area contributed by atoms with Crippen LogP contribution in [0.1, 0.15) is 52.1 Å². The van der Waals surface area contributed by atoms with Gasteiger partial charge in [0, 0.05) is 9.61 Å². The molecule has 1 nitrogen and oxygen atoms in total. The third kappa shape index (κ3) is 5.38. The van der Waals surface area contributed by atoms with Gasteiger partial charge in [-0.15, -0.1) is 0 Å². The van der Waals surface area contributed by atoms with E-state index in [1.54, 1.807) is 0 Å². The van der Waals surface area contributed by atoms with Gasteiger partial charge in [-0.3, -0.25) is 0 Å². The number of nitrogens with one attached hydrogen (secondary N) is 1. The van der Waals surface area contributed by atoms with Crippen molar-refractivity contribution < 1.29 is 0 Å². The number of benzene rings is 1. The van der Waals surface area contributed by atoms with Gasteiger partial charge in [-0.1, -0.05) is 45.9 Å². The van der Waals surface area contributed by atoms with Gasteiger partial charge in [-0.25, -0.2) is 0 Å². The molecule has 0 amide bonds. The van der Waals surface area contributed by atoms with Crippen LogP contribution in [0.3, 0.4) is 0 Å². The van der Waals surface area contributed by atoms with Crippen molar-refractivity contribution in [3.63, 3.8) is 0 Å². The summed E-state index contributed by atoms with van der Waals surface area (Å²) in [6.07, 6.45) is 2.45. The average Bonchev–Trinajstić information content (AvgIpc) is 2.24. The molecule has 1 rings (SSSR count). The minimum absolute atomic E-state index is 0.411. The maximum atomic E-state index is 3.61. The Morgan fingerprint density at radius 1 is 1.24 bits per heavy atom. The summed E-state index contributed by atoms with van der Waals surface area (Å²) in [6, 6.07) is 9.18. The quantitative estimate of drug-likeness (QED) is 0.758. The van der Waals surface area contributed by atoms with Crippen LogP contribution in [-0.4, -0.2) is 6.54 Å². The number of hydrogen-bond acceptors (Lipinski definition) is 1. The molecule has 0 aromatic heterocycles. The Morgan fingerprint density at radius 2 is 1.88 bits per heavy atom. The molecule has 1 aromatic rings. The molecule has 0 saturated heterocycles. The third-order valence-electron chi connectivity index (χ3n) is 2.91. The van der Waals surface area contributed by atoms with Crippen molar-refractivity contribution in [2.24, 2.45) is 5.41 Å². The zero-order valence-electron chi connectivity index (χ0n) is 11.4. The average molecular weight is 345 g/mol. The van der Waals surface area contributed by atoms with Crippen LogP contribution in [0.15, 0.2) is 24.3 Å². The van der Waals surface area contributed by atoms with Crippen molar-refractivity contribution in [3.05, 3.63) is 33.4 Å². The maximum absolute atomic E-state index is 3.61. The highest BCUT2D eigenvalue weighted by molar-refractivity contribution is 14.1. The Balaban J connectivity index is 2.75. The Morgan fingerprint density at radius 3 is 2.41 bits per heavy atom. The zero-order chi connectivity index (χ0) is 12.9. The first kappa shape index (κ1) is 15.0. The van der Waals surface area contributed by atoms with Gasteiger partial charge in [-0.2, -0.15) is 0 Å². The highest BCUT2D eigenvalue weighted by Gasteiger charge is 2.17. The van der Waals surface area contributed by atoms with E-state index in [-0.39, 0.29) is 0 Å². The molecule has 0 fully saturated rings. The molecule has 2 heteroatoms. The molecule has 0 aliphatic carbocycles. The van der Waals surface area contributed by atoms with Gasteiger partial charge in [0.1, 0.15) is 0 Å². The van der Waals surface area contributed by atoms with Crippen molar-refractivity contribution in [1.82, 2.24) is 5.32 Å². The van der Waals surface area contributed by atoms with Crippen molar-refractivity contribution >= 4 is 22.6 Å². The normalized spacial score (nSPS) is 13.7. The van der Waals surface area contributed by atoms with Crippen molar-refractivity contribution in [2.45, 2.75) is 46.6 Å². The number of rotatable bonds is 5. The summed E-state index contributed by atoms with van der Waals surface area (Å²) in [6.45, 7) is 10.1. The van der Waals surface area contributed by atoms with E-state index in [1.807, 2.05) is 0 Å². The molecule has 0 aliphatic heterocycles. The smallest absolute Gasteiger partial charge is 0.0330 e. The molecular formula is C15H24IN. The molecule has 0 heterocycles. The highest BCUT2D eigenvalue weighted by atomic mass is 127. The Kier molecular flexibility index (Phi) is 5.93. The topological polar surface area (TPSA) is 12.0 Å². The molecule has 0 bridgehead atoms. The van der Waals surface area contributed by atoms with E-state index in [4.69, 9.17) is 0 Å². The molecule has 96 valence electrons. The fraction of sp³-hybridized carbons (Fsp3) is 0.600. The van der Waals surface area contributed by atoms with E-state index in [1.165, 1.54) is 22.0 Å². The van der Waals surface area contributed by atoms with Crippen molar-refractivity contribution in [1.29, 1.82) is 0 Å². The maximum Gasteiger partial charge on any atom is 0.0330 e. The lowest BCUT2D eigenvalue weighted by molar-refractivity contribution is 0.333. The second kappa shape index (κ2) is 6.74. The third-order valence-corrected chi connectivity index (χ3v) is 3.90. The summed E-state index contributed by atoms with van der Waals surface area (Å²) in [7, 11) is 0. The minimum Gasteiger partial charge on any atom is -0.310 e. The van der Waals surface area contributed by atoms with E-state index >= 15 is 0 Å². The second-order valence-corrected chi connectivity index (χ2v) is 6.89. The molecule has 0 radical (unpaired) electrons. The lowest BCUT2D eigenvalue weighted by Gasteiger charge is -2.24. The predicted octanol–water partition coefficient (Wildman–Crippen LogP) is 4.77.